The van der Waals surface area contributed by atoms with Gasteiger partial charge in [0.25, 0.3) is 5.91 Å². The van der Waals surface area contributed by atoms with E-state index in [4.69, 9.17) is 32.7 Å². The van der Waals surface area contributed by atoms with Crippen molar-refractivity contribution in [2.75, 3.05) is 7.11 Å². The molecule has 7 heteroatoms. The first-order chi connectivity index (χ1) is 15.5. The van der Waals surface area contributed by atoms with Gasteiger partial charge in [-0.15, -0.1) is 0 Å². The van der Waals surface area contributed by atoms with E-state index in [1.54, 1.807) is 31.4 Å². The first-order valence-electron chi connectivity index (χ1n) is 9.69. The maximum atomic E-state index is 12.5. The molecular formula is C25H20Cl2N2O3. The number of hydrogen-bond acceptors (Lipinski definition) is 4. The zero-order valence-corrected chi connectivity index (χ0v) is 18.8. The second-order valence-corrected chi connectivity index (χ2v) is 7.59. The summed E-state index contributed by atoms with van der Waals surface area (Å²) in [5.41, 5.74) is 2.32. The summed E-state index contributed by atoms with van der Waals surface area (Å²) in [5, 5.41) is 13.2. The van der Waals surface area contributed by atoms with Crippen molar-refractivity contribution in [3.8, 4) is 17.6 Å². The summed E-state index contributed by atoms with van der Waals surface area (Å²) in [7, 11) is 1.59. The molecule has 0 bridgehead atoms. The molecule has 0 fully saturated rings. The van der Waals surface area contributed by atoms with Gasteiger partial charge in [-0.3, -0.25) is 4.79 Å². The van der Waals surface area contributed by atoms with Gasteiger partial charge in [0, 0.05) is 12.1 Å². The van der Waals surface area contributed by atoms with E-state index in [1.807, 2.05) is 48.5 Å². The van der Waals surface area contributed by atoms with Crippen molar-refractivity contribution in [1.82, 2.24) is 5.32 Å². The van der Waals surface area contributed by atoms with Gasteiger partial charge < -0.3 is 14.8 Å². The zero-order valence-electron chi connectivity index (χ0n) is 17.3. The summed E-state index contributed by atoms with van der Waals surface area (Å²) in [6, 6.07) is 21.7. The lowest BCUT2D eigenvalue weighted by Gasteiger charge is -2.11. The monoisotopic (exact) mass is 466 g/mol. The topological polar surface area (TPSA) is 71.3 Å². The number of nitrogens with one attached hydrogen (secondary N) is 1. The number of benzene rings is 3. The number of carbonyl (C=O) groups is 1. The van der Waals surface area contributed by atoms with E-state index in [1.165, 1.54) is 6.08 Å². The minimum atomic E-state index is -0.470. The molecule has 1 N–H and O–H groups in total. The van der Waals surface area contributed by atoms with E-state index in [0.717, 1.165) is 16.9 Å². The first kappa shape index (κ1) is 23.2. The lowest BCUT2D eigenvalue weighted by Crippen LogP contribution is -2.23. The summed E-state index contributed by atoms with van der Waals surface area (Å²) in [5.74, 6) is 0.798. The van der Waals surface area contributed by atoms with Crippen LogP contribution in [0.25, 0.3) is 6.08 Å². The Balaban J connectivity index is 1.69. The van der Waals surface area contributed by atoms with E-state index in [2.05, 4.69) is 5.32 Å². The van der Waals surface area contributed by atoms with E-state index in [9.17, 15) is 10.1 Å². The van der Waals surface area contributed by atoms with Crippen molar-refractivity contribution < 1.29 is 14.3 Å². The van der Waals surface area contributed by atoms with Crippen LogP contribution in [0, 0.1) is 11.3 Å². The van der Waals surface area contributed by atoms with E-state index in [-0.39, 0.29) is 18.7 Å². The molecule has 0 aliphatic heterocycles. The third-order valence-electron chi connectivity index (χ3n) is 4.57. The van der Waals surface area contributed by atoms with Gasteiger partial charge in [-0.05, 0) is 47.5 Å². The SMILES string of the molecule is COc1ccc(CNC(=O)/C(C#N)=C\c2ccccc2OCc2ccc(Cl)c(Cl)c2)cc1. The Labute approximate surface area is 196 Å². The minimum absolute atomic E-state index is 0.0240. The van der Waals surface area contributed by atoms with Crippen molar-refractivity contribution in [3.05, 3.63) is 99.0 Å². The summed E-state index contributed by atoms with van der Waals surface area (Å²) in [4.78, 5) is 12.5. The lowest BCUT2D eigenvalue weighted by molar-refractivity contribution is -0.117. The van der Waals surface area contributed by atoms with Crippen molar-refractivity contribution in [2.24, 2.45) is 0 Å². The summed E-state index contributed by atoms with van der Waals surface area (Å²) in [6.45, 7) is 0.546. The zero-order chi connectivity index (χ0) is 22.9. The van der Waals surface area contributed by atoms with Crippen LogP contribution in [0.5, 0.6) is 11.5 Å². The van der Waals surface area contributed by atoms with Gasteiger partial charge in [0.1, 0.15) is 29.7 Å². The summed E-state index contributed by atoms with van der Waals surface area (Å²) < 4.78 is 11.0. The number of hydrogen-bond donors (Lipinski definition) is 1. The maximum absolute atomic E-state index is 12.5. The Morgan fingerprint density at radius 3 is 2.44 bits per heavy atom. The Hall–Kier alpha value is -3.46. The lowest BCUT2D eigenvalue weighted by atomic mass is 10.1. The molecule has 0 radical (unpaired) electrons. The van der Waals surface area contributed by atoms with Crippen LogP contribution in [0.3, 0.4) is 0 Å². The average molecular weight is 467 g/mol. The number of ether oxygens (including phenoxy) is 2. The van der Waals surface area contributed by atoms with Gasteiger partial charge in [0.15, 0.2) is 0 Å². The molecule has 5 nitrogen and oxygen atoms in total. The molecule has 0 atom stereocenters. The van der Waals surface area contributed by atoms with Gasteiger partial charge in [-0.2, -0.15) is 5.26 Å². The third kappa shape index (κ3) is 6.27. The van der Waals surface area contributed by atoms with Crippen molar-refractivity contribution >= 4 is 35.2 Å². The number of para-hydroxylation sites is 1. The van der Waals surface area contributed by atoms with Gasteiger partial charge in [0.05, 0.1) is 17.2 Å². The predicted octanol–water partition coefficient (Wildman–Crippen LogP) is 5.80. The quantitative estimate of drug-likeness (QED) is 0.336. The molecule has 3 aromatic carbocycles. The maximum Gasteiger partial charge on any atom is 0.262 e. The van der Waals surface area contributed by atoms with Crippen LogP contribution in [0.15, 0.2) is 72.3 Å². The van der Waals surface area contributed by atoms with Gasteiger partial charge in [0.2, 0.25) is 0 Å². The fourth-order valence-electron chi connectivity index (χ4n) is 2.85. The second-order valence-electron chi connectivity index (χ2n) is 6.78. The van der Waals surface area contributed by atoms with Crippen molar-refractivity contribution in [3.63, 3.8) is 0 Å². The standard InChI is InChI=1S/C25H20Cl2N2O3/c1-31-21-9-6-17(7-10-21)15-29-25(30)20(14-28)13-19-4-2-3-5-24(19)32-16-18-8-11-22(26)23(27)12-18/h2-13H,15-16H2,1H3,(H,29,30)/b20-13-. The highest BCUT2D eigenvalue weighted by atomic mass is 35.5. The molecular weight excluding hydrogens is 447 g/mol. The average Bonchev–Trinajstić information content (AvgIpc) is 2.82. The molecule has 0 aliphatic rings. The van der Waals surface area contributed by atoms with Crippen LogP contribution in [-0.2, 0) is 17.9 Å². The number of rotatable bonds is 8. The van der Waals surface area contributed by atoms with Crippen molar-refractivity contribution in [1.29, 1.82) is 5.26 Å². The fraction of sp³-hybridized carbons (Fsp3) is 0.120. The Morgan fingerprint density at radius 2 is 1.75 bits per heavy atom. The predicted molar refractivity (Wildman–Crippen MR) is 126 cm³/mol. The largest absolute Gasteiger partial charge is 0.497 e. The molecule has 3 rings (SSSR count). The molecule has 0 heterocycles. The normalized spacial score (nSPS) is 10.9. The molecule has 0 aromatic heterocycles. The van der Waals surface area contributed by atoms with Gasteiger partial charge >= 0.3 is 0 Å². The van der Waals surface area contributed by atoms with Crippen molar-refractivity contribution in [2.45, 2.75) is 13.2 Å². The molecule has 32 heavy (non-hydrogen) atoms. The van der Waals surface area contributed by atoms with E-state index < -0.39 is 5.91 Å². The molecule has 0 aliphatic carbocycles. The van der Waals surface area contributed by atoms with Crippen LogP contribution in [-0.4, -0.2) is 13.0 Å². The Bertz CT molecular complexity index is 1170. The van der Waals surface area contributed by atoms with Gasteiger partial charge in [-0.1, -0.05) is 59.6 Å². The van der Waals surface area contributed by atoms with Crippen LogP contribution >= 0.6 is 23.2 Å². The number of nitriles is 1. The molecule has 3 aromatic rings. The number of methoxy groups -OCH3 is 1. The van der Waals surface area contributed by atoms with E-state index in [0.29, 0.717) is 21.4 Å². The van der Waals surface area contributed by atoms with E-state index >= 15 is 0 Å². The van der Waals surface area contributed by atoms with Gasteiger partial charge in [-0.25, -0.2) is 0 Å². The molecule has 0 unspecified atom stereocenters. The Kier molecular flexibility index (Phi) is 8.15. The summed E-state index contributed by atoms with van der Waals surface area (Å²) >= 11 is 12.0. The second kappa shape index (κ2) is 11.2. The number of nitrogens with zero attached hydrogens (tertiary/aromatic N) is 1. The molecule has 1 amide bonds. The summed E-state index contributed by atoms with van der Waals surface area (Å²) in [6.07, 6.45) is 1.51. The fourth-order valence-corrected chi connectivity index (χ4v) is 3.17. The highest BCUT2D eigenvalue weighted by Gasteiger charge is 2.11. The number of amides is 1. The molecule has 162 valence electrons. The van der Waals surface area contributed by atoms with Crippen LogP contribution in [0.2, 0.25) is 10.0 Å². The number of halogens is 2. The van der Waals surface area contributed by atoms with Crippen LogP contribution in [0.1, 0.15) is 16.7 Å². The molecule has 0 saturated carbocycles. The highest BCUT2D eigenvalue weighted by molar-refractivity contribution is 6.42. The minimum Gasteiger partial charge on any atom is -0.497 e. The van der Waals surface area contributed by atoms with Crippen LogP contribution in [0.4, 0.5) is 0 Å². The first-order valence-corrected chi connectivity index (χ1v) is 10.4. The molecule has 0 spiro atoms. The smallest absolute Gasteiger partial charge is 0.262 e. The molecule has 0 saturated heterocycles. The Morgan fingerprint density at radius 1 is 1.03 bits per heavy atom. The third-order valence-corrected chi connectivity index (χ3v) is 5.31. The number of carbonyl (C=O) groups excluding carboxylic acids is 1. The highest BCUT2D eigenvalue weighted by Crippen LogP contribution is 2.25. The van der Waals surface area contributed by atoms with Crippen LogP contribution < -0.4 is 14.8 Å².